The predicted octanol–water partition coefficient (Wildman–Crippen LogP) is 2.53. The molecule has 0 heterocycles. The Morgan fingerprint density at radius 3 is 2.87 bits per heavy atom. The van der Waals surface area contributed by atoms with Crippen LogP contribution in [0.15, 0.2) is 0 Å². The summed E-state index contributed by atoms with van der Waals surface area (Å²) in [6, 6.07) is 0. The van der Waals surface area contributed by atoms with E-state index in [9.17, 15) is 4.79 Å². The maximum absolute atomic E-state index is 11.0. The highest BCUT2D eigenvalue weighted by Crippen LogP contribution is 2.25. The Hall–Kier alpha value is -0.570. The largest absolute Gasteiger partial charge is 0.466 e. The zero-order valence-corrected chi connectivity index (χ0v) is 9.83. The molecule has 2 unspecified atom stereocenters. The van der Waals surface area contributed by atoms with Crippen LogP contribution >= 0.6 is 0 Å². The predicted molar refractivity (Wildman–Crippen MR) is 58.6 cm³/mol. The molecule has 0 aliphatic heterocycles. The van der Waals surface area contributed by atoms with Crippen molar-refractivity contribution >= 4 is 5.97 Å². The topological polar surface area (TPSA) is 35.5 Å². The normalized spacial score (nSPS) is 26.3. The Bertz CT molecular complexity index is 191. The first kappa shape index (κ1) is 12.5. The summed E-state index contributed by atoms with van der Waals surface area (Å²) in [6.07, 6.45) is 5.61. The van der Waals surface area contributed by atoms with Crippen molar-refractivity contribution < 1.29 is 14.3 Å². The lowest BCUT2D eigenvalue weighted by Crippen LogP contribution is -2.22. The van der Waals surface area contributed by atoms with Gasteiger partial charge in [0.15, 0.2) is 0 Å². The molecule has 1 saturated carbocycles. The van der Waals surface area contributed by atoms with Crippen molar-refractivity contribution in [2.45, 2.75) is 52.1 Å². The molecule has 0 aromatic rings. The maximum atomic E-state index is 11.0. The van der Waals surface area contributed by atoms with Crippen LogP contribution in [0.3, 0.4) is 0 Å². The number of ether oxygens (including phenoxy) is 2. The smallest absolute Gasteiger partial charge is 0.308 e. The quantitative estimate of drug-likeness (QED) is 0.660. The minimum Gasteiger partial charge on any atom is -0.466 e. The molecular formula is C12H22O3. The molecule has 0 N–H and O–H groups in total. The first-order chi connectivity index (χ1) is 7.22. The molecule has 0 aromatic heterocycles. The standard InChI is InChI=1S/C12H22O3/c1-3-14-12(13)7-8-15-11-6-4-5-10(2)9-11/h10-11H,3-9H2,1-2H3. The van der Waals surface area contributed by atoms with E-state index in [-0.39, 0.29) is 5.97 Å². The van der Waals surface area contributed by atoms with Gasteiger partial charge in [0.05, 0.1) is 25.7 Å². The van der Waals surface area contributed by atoms with Crippen molar-refractivity contribution in [3.8, 4) is 0 Å². The zero-order valence-electron chi connectivity index (χ0n) is 9.83. The lowest BCUT2D eigenvalue weighted by atomic mass is 9.89. The van der Waals surface area contributed by atoms with Crippen LogP contribution in [-0.4, -0.2) is 25.3 Å². The van der Waals surface area contributed by atoms with Gasteiger partial charge in [-0.3, -0.25) is 4.79 Å². The maximum Gasteiger partial charge on any atom is 0.308 e. The van der Waals surface area contributed by atoms with Gasteiger partial charge in [-0.1, -0.05) is 19.8 Å². The van der Waals surface area contributed by atoms with Crippen molar-refractivity contribution in [2.75, 3.05) is 13.2 Å². The van der Waals surface area contributed by atoms with E-state index in [4.69, 9.17) is 9.47 Å². The highest BCUT2D eigenvalue weighted by atomic mass is 16.5. The third-order valence-electron chi connectivity index (χ3n) is 2.85. The first-order valence-electron chi connectivity index (χ1n) is 5.99. The molecule has 0 bridgehead atoms. The van der Waals surface area contributed by atoms with E-state index in [1.54, 1.807) is 0 Å². The monoisotopic (exact) mass is 214 g/mol. The van der Waals surface area contributed by atoms with Gasteiger partial charge in [-0.15, -0.1) is 0 Å². The molecule has 0 saturated heterocycles. The average Bonchev–Trinajstić information content (AvgIpc) is 2.18. The van der Waals surface area contributed by atoms with Crippen LogP contribution in [-0.2, 0) is 14.3 Å². The van der Waals surface area contributed by atoms with E-state index in [0.717, 1.165) is 18.8 Å². The number of carbonyl (C=O) groups is 1. The zero-order chi connectivity index (χ0) is 11.1. The highest BCUT2D eigenvalue weighted by Gasteiger charge is 2.19. The van der Waals surface area contributed by atoms with Crippen LogP contribution in [0.4, 0.5) is 0 Å². The Kier molecular flexibility index (Phi) is 5.69. The molecule has 0 amide bonds. The molecular weight excluding hydrogens is 192 g/mol. The fraction of sp³-hybridized carbons (Fsp3) is 0.917. The fourth-order valence-electron chi connectivity index (χ4n) is 2.07. The number of carbonyl (C=O) groups excluding carboxylic acids is 1. The van der Waals surface area contributed by atoms with Gasteiger partial charge in [-0.2, -0.15) is 0 Å². The molecule has 0 aromatic carbocycles. The number of esters is 1. The third-order valence-corrected chi connectivity index (χ3v) is 2.85. The molecule has 0 spiro atoms. The Morgan fingerprint density at radius 1 is 1.40 bits per heavy atom. The summed E-state index contributed by atoms with van der Waals surface area (Å²) < 4.78 is 10.5. The van der Waals surface area contributed by atoms with Crippen LogP contribution in [0, 0.1) is 5.92 Å². The van der Waals surface area contributed by atoms with Crippen molar-refractivity contribution in [2.24, 2.45) is 5.92 Å². The van der Waals surface area contributed by atoms with Crippen LogP contribution in [0.25, 0.3) is 0 Å². The second-order valence-electron chi connectivity index (χ2n) is 4.32. The van der Waals surface area contributed by atoms with Crippen LogP contribution < -0.4 is 0 Å². The van der Waals surface area contributed by atoms with E-state index in [0.29, 0.717) is 25.7 Å². The lowest BCUT2D eigenvalue weighted by Gasteiger charge is -2.26. The van der Waals surface area contributed by atoms with Crippen molar-refractivity contribution in [1.82, 2.24) is 0 Å². The van der Waals surface area contributed by atoms with Crippen LogP contribution in [0.1, 0.15) is 46.0 Å². The molecule has 0 radical (unpaired) electrons. The summed E-state index contributed by atoms with van der Waals surface area (Å²) in [4.78, 5) is 11.0. The van der Waals surface area contributed by atoms with Gasteiger partial charge in [0, 0.05) is 0 Å². The molecule has 2 atom stereocenters. The van der Waals surface area contributed by atoms with Gasteiger partial charge in [-0.25, -0.2) is 0 Å². The van der Waals surface area contributed by atoms with E-state index in [2.05, 4.69) is 6.92 Å². The molecule has 15 heavy (non-hydrogen) atoms. The number of hydrogen-bond acceptors (Lipinski definition) is 3. The molecule has 1 aliphatic carbocycles. The average molecular weight is 214 g/mol. The van der Waals surface area contributed by atoms with Gasteiger partial charge in [0.2, 0.25) is 0 Å². The van der Waals surface area contributed by atoms with Crippen LogP contribution in [0.5, 0.6) is 0 Å². The summed E-state index contributed by atoms with van der Waals surface area (Å²) in [5, 5.41) is 0. The molecule has 1 fully saturated rings. The van der Waals surface area contributed by atoms with E-state index >= 15 is 0 Å². The van der Waals surface area contributed by atoms with Gasteiger partial charge < -0.3 is 9.47 Å². The second-order valence-corrected chi connectivity index (χ2v) is 4.32. The molecule has 1 rings (SSSR count). The summed E-state index contributed by atoms with van der Waals surface area (Å²) >= 11 is 0. The van der Waals surface area contributed by atoms with E-state index in [1.165, 1.54) is 12.8 Å². The SMILES string of the molecule is CCOC(=O)CCOC1CCCC(C)C1. The summed E-state index contributed by atoms with van der Waals surface area (Å²) in [5.41, 5.74) is 0. The highest BCUT2D eigenvalue weighted by molar-refractivity contribution is 5.69. The Balaban J connectivity index is 2.06. The third kappa shape index (κ3) is 5.17. The fourth-order valence-corrected chi connectivity index (χ4v) is 2.07. The second kappa shape index (κ2) is 6.83. The molecule has 3 nitrogen and oxygen atoms in total. The van der Waals surface area contributed by atoms with E-state index in [1.807, 2.05) is 6.92 Å². The Labute approximate surface area is 92.1 Å². The van der Waals surface area contributed by atoms with Gasteiger partial charge in [0.25, 0.3) is 0 Å². The summed E-state index contributed by atoms with van der Waals surface area (Å²) in [6.45, 7) is 5.05. The Morgan fingerprint density at radius 2 is 2.20 bits per heavy atom. The van der Waals surface area contributed by atoms with Crippen molar-refractivity contribution in [3.63, 3.8) is 0 Å². The number of rotatable bonds is 5. The van der Waals surface area contributed by atoms with Crippen molar-refractivity contribution in [3.05, 3.63) is 0 Å². The summed E-state index contributed by atoms with van der Waals surface area (Å²) in [5.74, 6) is 0.618. The van der Waals surface area contributed by atoms with Crippen molar-refractivity contribution in [1.29, 1.82) is 0 Å². The minimum absolute atomic E-state index is 0.152. The molecule has 88 valence electrons. The lowest BCUT2D eigenvalue weighted by molar-refractivity contribution is -0.145. The molecule has 3 heteroatoms. The van der Waals surface area contributed by atoms with Gasteiger partial charge >= 0.3 is 5.97 Å². The first-order valence-corrected chi connectivity index (χ1v) is 5.99. The number of hydrogen-bond donors (Lipinski definition) is 0. The van der Waals surface area contributed by atoms with E-state index < -0.39 is 0 Å². The van der Waals surface area contributed by atoms with Crippen LogP contribution in [0.2, 0.25) is 0 Å². The van der Waals surface area contributed by atoms with Gasteiger partial charge in [-0.05, 0) is 25.7 Å². The molecule has 1 aliphatic rings. The minimum atomic E-state index is -0.152. The summed E-state index contributed by atoms with van der Waals surface area (Å²) in [7, 11) is 0. The van der Waals surface area contributed by atoms with Gasteiger partial charge in [0.1, 0.15) is 0 Å².